The third-order valence-electron chi connectivity index (χ3n) is 6.36. The number of hydrazone groups is 1. The lowest BCUT2D eigenvalue weighted by molar-refractivity contribution is 0.0955. The summed E-state index contributed by atoms with van der Waals surface area (Å²) in [5.41, 5.74) is 6.78. The number of nitrogens with zero attached hydrogens (tertiary/aromatic N) is 2. The van der Waals surface area contributed by atoms with Crippen molar-refractivity contribution in [2.24, 2.45) is 5.10 Å². The van der Waals surface area contributed by atoms with Crippen LogP contribution in [0.15, 0.2) is 83.6 Å². The molecule has 0 aromatic heterocycles. The maximum absolute atomic E-state index is 12.4. The number of carbonyl (C=O) groups is 1. The van der Waals surface area contributed by atoms with Gasteiger partial charge in [-0.05, 0) is 79.9 Å². The molecule has 1 aliphatic heterocycles. The van der Waals surface area contributed by atoms with E-state index in [0.717, 1.165) is 34.8 Å². The Morgan fingerprint density at radius 1 is 1.09 bits per heavy atom. The van der Waals surface area contributed by atoms with Crippen LogP contribution in [0.1, 0.15) is 35.3 Å². The molecule has 0 fully saturated rings. The number of benzene rings is 3. The predicted molar refractivity (Wildman–Crippen MR) is 144 cm³/mol. The van der Waals surface area contributed by atoms with Crippen LogP contribution in [0.25, 0.3) is 0 Å². The number of rotatable bonds is 7. The second-order valence-corrected chi connectivity index (χ2v) is 9.29. The van der Waals surface area contributed by atoms with Gasteiger partial charge in [0.1, 0.15) is 5.75 Å². The fourth-order valence-corrected chi connectivity index (χ4v) is 5.13. The molecule has 7 heteroatoms. The van der Waals surface area contributed by atoms with E-state index in [4.69, 9.17) is 27.9 Å². The van der Waals surface area contributed by atoms with Gasteiger partial charge in [-0.15, -0.1) is 0 Å². The average molecular weight is 508 g/mol. The first-order valence-corrected chi connectivity index (χ1v) is 12.1. The Hall–Kier alpha value is -3.28. The molecule has 0 spiro atoms. The van der Waals surface area contributed by atoms with Crippen molar-refractivity contribution < 1.29 is 9.53 Å². The molecule has 3 aromatic rings. The van der Waals surface area contributed by atoms with Crippen LogP contribution in [0.5, 0.6) is 5.75 Å². The quantitative estimate of drug-likeness (QED) is 0.288. The number of ether oxygens (including phenoxy) is 1. The molecule has 1 N–H and O–H groups in total. The van der Waals surface area contributed by atoms with Gasteiger partial charge >= 0.3 is 0 Å². The zero-order valence-electron chi connectivity index (χ0n) is 19.9. The monoisotopic (exact) mass is 507 g/mol. The van der Waals surface area contributed by atoms with E-state index in [2.05, 4.69) is 41.4 Å². The highest BCUT2D eigenvalue weighted by atomic mass is 35.5. The van der Waals surface area contributed by atoms with Crippen molar-refractivity contribution in [3.8, 4) is 5.75 Å². The Balaban J connectivity index is 1.73. The van der Waals surface area contributed by atoms with E-state index in [0.29, 0.717) is 22.0 Å². The zero-order valence-corrected chi connectivity index (χ0v) is 21.4. The largest absolute Gasteiger partial charge is 0.497 e. The van der Waals surface area contributed by atoms with Crippen LogP contribution in [-0.2, 0) is 11.8 Å². The summed E-state index contributed by atoms with van der Waals surface area (Å²) in [7, 11) is 1.66. The van der Waals surface area contributed by atoms with E-state index in [-0.39, 0.29) is 5.91 Å². The lowest BCUT2D eigenvalue weighted by Gasteiger charge is -2.30. The van der Waals surface area contributed by atoms with Gasteiger partial charge in [-0.1, -0.05) is 47.5 Å². The van der Waals surface area contributed by atoms with Crippen molar-refractivity contribution >= 4 is 41.0 Å². The van der Waals surface area contributed by atoms with Crippen LogP contribution in [0.4, 0.5) is 5.69 Å². The normalized spacial score (nSPS) is 18.2. The van der Waals surface area contributed by atoms with Crippen LogP contribution >= 0.6 is 23.2 Å². The van der Waals surface area contributed by atoms with Gasteiger partial charge in [0.05, 0.1) is 7.11 Å². The number of likely N-dealkylation sites (N-methyl/N-ethyl adjacent to an activating group) is 1. The molecule has 1 amide bonds. The highest BCUT2D eigenvalue weighted by Gasteiger charge is 2.44. The van der Waals surface area contributed by atoms with Gasteiger partial charge in [0.15, 0.2) is 0 Å². The van der Waals surface area contributed by atoms with Crippen LogP contribution in [-0.4, -0.2) is 25.8 Å². The molecular formula is C28H27Cl2N3O2. The minimum absolute atomic E-state index is 0.266. The number of methoxy groups -OCH3 is 1. The number of hydrogen-bond donors (Lipinski definition) is 1. The van der Waals surface area contributed by atoms with Crippen molar-refractivity contribution in [3.63, 3.8) is 0 Å². The highest BCUT2D eigenvalue weighted by Crippen LogP contribution is 2.51. The molecule has 0 radical (unpaired) electrons. The van der Waals surface area contributed by atoms with Crippen LogP contribution in [0, 0.1) is 0 Å². The van der Waals surface area contributed by atoms with E-state index >= 15 is 0 Å². The average Bonchev–Trinajstić information content (AvgIpc) is 3.11. The van der Waals surface area contributed by atoms with Gasteiger partial charge in [0.25, 0.3) is 5.91 Å². The number of hydrogen-bond acceptors (Lipinski definition) is 4. The van der Waals surface area contributed by atoms with E-state index in [1.807, 2.05) is 48.5 Å². The van der Waals surface area contributed by atoms with Crippen molar-refractivity contribution in [2.45, 2.75) is 25.7 Å². The van der Waals surface area contributed by atoms with Crippen LogP contribution in [0.2, 0.25) is 10.0 Å². The van der Waals surface area contributed by atoms with Gasteiger partial charge in [0, 0.05) is 45.2 Å². The molecule has 1 heterocycles. The molecular weight excluding hydrogens is 481 g/mol. The molecule has 180 valence electrons. The Morgan fingerprint density at radius 3 is 2.46 bits per heavy atom. The molecule has 0 saturated carbocycles. The fourth-order valence-electron chi connectivity index (χ4n) is 4.60. The maximum Gasteiger partial charge on any atom is 0.271 e. The van der Waals surface area contributed by atoms with Gasteiger partial charge in [-0.25, -0.2) is 5.43 Å². The molecule has 35 heavy (non-hydrogen) atoms. The molecule has 0 aliphatic carbocycles. The summed E-state index contributed by atoms with van der Waals surface area (Å²) in [6.07, 6.45) is 4.14. The summed E-state index contributed by atoms with van der Waals surface area (Å²) >= 11 is 13.2. The van der Waals surface area contributed by atoms with Crippen molar-refractivity contribution in [1.82, 2.24) is 5.43 Å². The summed E-state index contributed by atoms with van der Waals surface area (Å²) in [6.45, 7) is 5.02. The van der Waals surface area contributed by atoms with Crippen LogP contribution < -0.4 is 15.1 Å². The standard InChI is InChI=1S/C28H27Cl2N3O2/c1-4-33-25-14-13-20(35-3)17-22(25)28(2,18-21-23(29)11-8-12-24(21)30)26(33)15-16-31-32-27(34)19-9-6-5-7-10-19/h5-17H,4,18H2,1-3H3,(H,32,34)/b26-15-,31-16+. The molecule has 1 atom stereocenters. The van der Waals surface area contributed by atoms with E-state index in [1.165, 1.54) is 0 Å². The number of anilines is 1. The SMILES string of the molecule is CCN1/C(=C\C=N\NC(=O)c2ccccc2)C(C)(Cc2c(Cl)cccc2Cl)c2cc(OC)ccc21. The van der Waals surface area contributed by atoms with E-state index in [9.17, 15) is 4.79 Å². The second kappa shape index (κ2) is 10.5. The maximum atomic E-state index is 12.4. The number of allylic oxidation sites excluding steroid dienone is 2. The minimum atomic E-state index is -0.468. The van der Waals surface area contributed by atoms with Gasteiger partial charge in [-0.3, -0.25) is 4.79 Å². The number of carbonyl (C=O) groups excluding carboxylic acids is 1. The second-order valence-electron chi connectivity index (χ2n) is 8.47. The molecule has 5 nitrogen and oxygen atoms in total. The summed E-state index contributed by atoms with van der Waals surface area (Å²) in [5, 5.41) is 5.43. The highest BCUT2D eigenvalue weighted by molar-refractivity contribution is 6.36. The Kier molecular flexibility index (Phi) is 7.48. The molecule has 0 bridgehead atoms. The van der Waals surface area contributed by atoms with Gasteiger partial charge in [-0.2, -0.15) is 5.10 Å². The summed E-state index contributed by atoms with van der Waals surface area (Å²) in [5.74, 6) is 0.513. The van der Waals surface area contributed by atoms with Gasteiger partial charge < -0.3 is 9.64 Å². The Morgan fingerprint density at radius 2 is 1.80 bits per heavy atom. The minimum Gasteiger partial charge on any atom is -0.497 e. The first-order chi connectivity index (χ1) is 16.9. The fraction of sp³-hybridized carbons (Fsp3) is 0.214. The van der Waals surface area contributed by atoms with Crippen molar-refractivity contribution in [1.29, 1.82) is 0 Å². The Labute approximate surface area is 216 Å². The molecule has 1 aliphatic rings. The topological polar surface area (TPSA) is 53.9 Å². The molecule has 3 aromatic carbocycles. The van der Waals surface area contributed by atoms with E-state index in [1.54, 1.807) is 25.5 Å². The number of halogens is 2. The smallest absolute Gasteiger partial charge is 0.271 e. The third-order valence-corrected chi connectivity index (χ3v) is 7.07. The first kappa shape index (κ1) is 24.8. The lowest BCUT2D eigenvalue weighted by atomic mass is 9.76. The zero-order chi connectivity index (χ0) is 25.0. The molecule has 0 saturated heterocycles. The predicted octanol–water partition coefficient (Wildman–Crippen LogP) is 6.64. The Bertz CT molecular complexity index is 1270. The first-order valence-electron chi connectivity index (χ1n) is 11.4. The van der Waals surface area contributed by atoms with Crippen molar-refractivity contribution in [2.75, 3.05) is 18.6 Å². The summed E-state index contributed by atoms with van der Waals surface area (Å²) in [6, 6.07) is 20.6. The molecule has 4 rings (SSSR count). The molecule has 1 unspecified atom stereocenters. The van der Waals surface area contributed by atoms with Crippen LogP contribution in [0.3, 0.4) is 0 Å². The number of fused-ring (bicyclic) bond motifs is 1. The van der Waals surface area contributed by atoms with Crippen molar-refractivity contribution in [3.05, 3.63) is 105 Å². The number of amides is 1. The van der Waals surface area contributed by atoms with E-state index < -0.39 is 5.41 Å². The van der Waals surface area contributed by atoms with Gasteiger partial charge in [0.2, 0.25) is 0 Å². The third kappa shape index (κ3) is 4.93. The number of nitrogens with one attached hydrogen (secondary N) is 1. The summed E-state index contributed by atoms with van der Waals surface area (Å²) in [4.78, 5) is 14.6. The summed E-state index contributed by atoms with van der Waals surface area (Å²) < 4.78 is 5.54. The lowest BCUT2D eigenvalue weighted by Crippen LogP contribution is -2.31.